The van der Waals surface area contributed by atoms with Crippen LogP contribution in [-0.4, -0.2) is 34.6 Å². The van der Waals surface area contributed by atoms with Crippen LogP contribution in [0.2, 0.25) is 5.02 Å². The molecule has 1 aromatic carbocycles. The van der Waals surface area contributed by atoms with E-state index in [1.807, 2.05) is 0 Å². The summed E-state index contributed by atoms with van der Waals surface area (Å²) in [6.07, 6.45) is -2.58. The monoisotopic (exact) mass is 328 g/mol. The summed E-state index contributed by atoms with van der Waals surface area (Å²) in [6, 6.07) is 2.55. The maximum absolute atomic E-state index is 11.9. The Labute approximate surface area is 121 Å². The lowest BCUT2D eigenvalue weighted by molar-refractivity contribution is 0.0199. The van der Waals surface area contributed by atoms with Gasteiger partial charge in [-0.15, -0.1) is 0 Å². The molecule has 0 bridgehead atoms. The third-order valence-electron chi connectivity index (χ3n) is 2.45. The first kappa shape index (κ1) is 17.1. The molecular formula is C11H15ClF2N2O3S. The normalized spacial score (nSPS) is 12.1. The molecule has 5 nitrogen and oxygen atoms in total. The van der Waals surface area contributed by atoms with Gasteiger partial charge in [-0.25, -0.2) is 21.9 Å². The van der Waals surface area contributed by atoms with E-state index < -0.39 is 23.1 Å². The maximum atomic E-state index is 11.9. The molecule has 0 unspecified atom stereocenters. The lowest BCUT2D eigenvalue weighted by Gasteiger charge is -2.10. The smallest absolute Gasteiger partial charge is 0.261 e. The van der Waals surface area contributed by atoms with Gasteiger partial charge >= 0.3 is 0 Å². The summed E-state index contributed by atoms with van der Waals surface area (Å²) in [5.74, 6) is 0. The number of rotatable bonds is 7. The van der Waals surface area contributed by atoms with Gasteiger partial charge in [-0.05, 0) is 24.6 Å². The minimum absolute atomic E-state index is 0.0838. The van der Waals surface area contributed by atoms with Crippen LogP contribution in [0.25, 0.3) is 0 Å². The lowest BCUT2D eigenvalue weighted by atomic mass is 10.2. The van der Waals surface area contributed by atoms with Crippen molar-refractivity contribution in [3.8, 4) is 0 Å². The third-order valence-corrected chi connectivity index (χ3v) is 4.28. The van der Waals surface area contributed by atoms with Crippen LogP contribution in [0.5, 0.6) is 0 Å². The summed E-state index contributed by atoms with van der Waals surface area (Å²) in [7, 11) is -3.80. The molecule has 3 N–H and O–H groups in total. The van der Waals surface area contributed by atoms with Crippen LogP contribution in [-0.2, 0) is 14.8 Å². The van der Waals surface area contributed by atoms with Crippen molar-refractivity contribution in [3.63, 3.8) is 0 Å². The van der Waals surface area contributed by atoms with Gasteiger partial charge in [0, 0.05) is 17.3 Å². The first-order valence-corrected chi connectivity index (χ1v) is 7.51. The van der Waals surface area contributed by atoms with Crippen LogP contribution in [0.4, 0.5) is 14.5 Å². The zero-order chi connectivity index (χ0) is 15.3. The second-order valence-corrected chi connectivity index (χ2v) is 6.16. The molecule has 9 heteroatoms. The highest BCUT2D eigenvalue weighted by Gasteiger charge is 2.16. The highest BCUT2D eigenvalue weighted by atomic mass is 35.5. The highest BCUT2D eigenvalue weighted by molar-refractivity contribution is 7.89. The minimum Gasteiger partial charge on any atom is -0.398 e. The van der Waals surface area contributed by atoms with Crippen molar-refractivity contribution in [1.29, 1.82) is 0 Å². The van der Waals surface area contributed by atoms with Gasteiger partial charge in [-0.1, -0.05) is 11.6 Å². The summed E-state index contributed by atoms with van der Waals surface area (Å²) < 4.78 is 54.2. The van der Waals surface area contributed by atoms with Crippen molar-refractivity contribution in [2.45, 2.75) is 18.2 Å². The molecule has 20 heavy (non-hydrogen) atoms. The van der Waals surface area contributed by atoms with E-state index in [0.717, 1.165) is 0 Å². The fourth-order valence-electron chi connectivity index (χ4n) is 1.33. The molecule has 0 heterocycles. The molecule has 0 spiro atoms. The number of halogens is 3. The van der Waals surface area contributed by atoms with E-state index in [9.17, 15) is 17.2 Å². The molecule has 114 valence electrons. The van der Waals surface area contributed by atoms with E-state index in [-0.39, 0.29) is 28.8 Å². The molecule has 0 radical (unpaired) electrons. The van der Waals surface area contributed by atoms with E-state index in [1.54, 1.807) is 6.92 Å². The van der Waals surface area contributed by atoms with Crippen LogP contribution in [0.15, 0.2) is 17.0 Å². The average Bonchev–Trinajstić information content (AvgIpc) is 2.34. The Morgan fingerprint density at radius 3 is 2.65 bits per heavy atom. The van der Waals surface area contributed by atoms with Crippen molar-refractivity contribution in [3.05, 3.63) is 22.7 Å². The van der Waals surface area contributed by atoms with E-state index >= 15 is 0 Å². The number of alkyl halides is 2. The van der Waals surface area contributed by atoms with Crippen LogP contribution in [0.3, 0.4) is 0 Å². The van der Waals surface area contributed by atoms with Crippen LogP contribution in [0, 0.1) is 6.92 Å². The summed E-state index contributed by atoms with van der Waals surface area (Å²) in [4.78, 5) is -0.0838. The predicted molar refractivity (Wildman–Crippen MR) is 72.6 cm³/mol. The number of ether oxygens (including phenoxy) is 1. The van der Waals surface area contributed by atoms with Gasteiger partial charge in [-0.2, -0.15) is 0 Å². The van der Waals surface area contributed by atoms with E-state index in [2.05, 4.69) is 9.46 Å². The molecule has 0 amide bonds. The number of hydrogen-bond acceptors (Lipinski definition) is 4. The maximum Gasteiger partial charge on any atom is 0.261 e. The van der Waals surface area contributed by atoms with Gasteiger partial charge in [0.05, 0.1) is 11.5 Å². The van der Waals surface area contributed by atoms with E-state index in [0.29, 0.717) is 5.56 Å². The zero-order valence-electron chi connectivity index (χ0n) is 10.7. The van der Waals surface area contributed by atoms with Crippen LogP contribution < -0.4 is 10.5 Å². The molecule has 0 aliphatic heterocycles. The minimum atomic E-state index is -3.80. The highest BCUT2D eigenvalue weighted by Crippen LogP contribution is 2.25. The Balaban J connectivity index is 2.65. The first-order chi connectivity index (χ1) is 9.24. The molecule has 0 atom stereocenters. The molecular weight excluding hydrogens is 314 g/mol. The fourth-order valence-corrected chi connectivity index (χ4v) is 2.70. The van der Waals surface area contributed by atoms with Gasteiger partial charge in [-0.3, -0.25) is 0 Å². The molecule has 0 aromatic heterocycles. The summed E-state index contributed by atoms with van der Waals surface area (Å²) >= 11 is 5.86. The molecule has 0 fully saturated rings. The van der Waals surface area contributed by atoms with Gasteiger partial charge in [0.25, 0.3) is 6.43 Å². The number of nitrogens with one attached hydrogen (secondary N) is 1. The van der Waals surface area contributed by atoms with E-state index in [4.69, 9.17) is 17.3 Å². The molecule has 0 aliphatic rings. The Morgan fingerprint density at radius 1 is 1.45 bits per heavy atom. The molecule has 0 saturated carbocycles. The molecule has 0 aliphatic carbocycles. The summed E-state index contributed by atoms with van der Waals surface area (Å²) in [6.45, 7) is 0.657. The predicted octanol–water partition coefficient (Wildman–Crippen LogP) is 1.79. The summed E-state index contributed by atoms with van der Waals surface area (Å²) in [5.41, 5.74) is 6.49. The second kappa shape index (κ2) is 7.16. The topological polar surface area (TPSA) is 81.4 Å². The Morgan fingerprint density at radius 2 is 2.10 bits per heavy atom. The van der Waals surface area contributed by atoms with Gasteiger partial charge < -0.3 is 10.5 Å². The average molecular weight is 329 g/mol. The Kier molecular flexibility index (Phi) is 6.12. The standard InChI is InChI=1S/C11H15ClF2N2O3S/c1-7-9(12)4-8(5-10(7)15)20(17,18)16-2-3-19-6-11(13)14/h4-5,11,16H,2-3,6,15H2,1H3. The van der Waals surface area contributed by atoms with Crippen molar-refractivity contribution in [2.75, 3.05) is 25.5 Å². The molecule has 0 saturated heterocycles. The SMILES string of the molecule is Cc1c(N)cc(S(=O)(=O)NCCOCC(F)F)cc1Cl. The van der Waals surface area contributed by atoms with Gasteiger partial charge in [0.1, 0.15) is 6.61 Å². The van der Waals surface area contributed by atoms with Crippen LogP contribution in [0.1, 0.15) is 5.56 Å². The molecule has 1 aromatic rings. The van der Waals surface area contributed by atoms with Gasteiger partial charge in [0.2, 0.25) is 10.0 Å². The number of nitrogen functional groups attached to an aromatic ring is 1. The number of benzene rings is 1. The van der Waals surface area contributed by atoms with E-state index in [1.165, 1.54) is 12.1 Å². The van der Waals surface area contributed by atoms with Crippen molar-refractivity contribution in [2.24, 2.45) is 0 Å². The van der Waals surface area contributed by atoms with Gasteiger partial charge in [0.15, 0.2) is 0 Å². The quantitative estimate of drug-likeness (QED) is 0.590. The first-order valence-electron chi connectivity index (χ1n) is 5.65. The summed E-state index contributed by atoms with van der Waals surface area (Å²) in [5, 5.41) is 0.235. The number of anilines is 1. The zero-order valence-corrected chi connectivity index (χ0v) is 12.3. The van der Waals surface area contributed by atoms with Crippen LogP contribution >= 0.6 is 11.6 Å². The Bertz CT molecular complexity index is 544. The number of sulfonamides is 1. The number of nitrogens with two attached hydrogens (primary N) is 1. The fraction of sp³-hybridized carbons (Fsp3) is 0.455. The molecule has 1 rings (SSSR count). The van der Waals surface area contributed by atoms with Crippen molar-refractivity contribution >= 4 is 27.3 Å². The Hall–Kier alpha value is -0.960. The van der Waals surface area contributed by atoms with Crippen molar-refractivity contribution in [1.82, 2.24) is 4.72 Å². The van der Waals surface area contributed by atoms with Crippen molar-refractivity contribution < 1.29 is 21.9 Å². The lowest BCUT2D eigenvalue weighted by Crippen LogP contribution is -2.28. The second-order valence-electron chi connectivity index (χ2n) is 3.98. The number of hydrogen-bond donors (Lipinski definition) is 2. The third kappa shape index (κ3) is 4.86. The largest absolute Gasteiger partial charge is 0.398 e.